The van der Waals surface area contributed by atoms with E-state index in [1.807, 2.05) is 4.90 Å². The first-order valence-electron chi connectivity index (χ1n) is 7.47. The molecule has 1 aliphatic rings. The summed E-state index contributed by atoms with van der Waals surface area (Å²) < 4.78 is 5.00. The highest BCUT2D eigenvalue weighted by atomic mass is 32.1. The van der Waals surface area contributed by atoms with E-state index in [-0.39, 0.29) is 11.9 Å². The lowest BCUT2D eigenvalue weighted by Crippen LogP contribution is -2.52. The second kappa shape index (κ2) is 8.48. The van der Waals surface area contributed by atoms with Gasteiger partial charge in [-0.25, -0.2) is 0 Å². The fourth-order valence-electron chi connectivity index (χ4n) is 2.57. The number of carbonyl (C=O) groups excluding carboxylic acids is 1. The number of rotatable bonds is 7. The minimum absolute atomic E-state index is 0.0845. The van der Waals surface area contributed by atoms with Crippen molar-refractivity contribution < 1.29 is 9.53 Å². The van der Waals surface area contributed by atoms with E-state index in [0.717, 1.165) is 39.1 Å². The molecule has 1 fully saturated rings. The molecule has 0 spiro atoms. The predicted octanol–water partition coefficient (Wildman–Crippen LogP) is 1.15. The third-order valence-corrected chi connectivity index (χ3v) is 4.58. The molecule has 0 radical (unpaired) electrons. The number of piperazine rings is 1. The average molecular weight is 311 g/mol. The molecule has 21 heavy (non-hydrogen) atoms. The van der Waals surface area contributed by atoms with Crippen LogP contribution in [0.4, 0.5) is 0 Å². The number of nitrogens with zero attached hydrogens (tertiary/aromatic N) is 2. The molecule has 1 aliphatic heterocycles. The Kier molecular flexibility index (Phi) is 6.63. The van der Waals surface area contributed by atoms with Gasteiger partial charge in [-0.3, -0.25) is 9.69 Å². The van der Waals surface area contributed by atoms with Gasteiger partial charge in [0, 0.05) is 46.4 Å². The molecule has 0 aromatic carbocycles. The zero-order valence-corrected chi connectivity index (χ0v) is 13.5. The van der Waals surface area contributed by atoms with Crippen molar-refractivity contribution in [1.29, 1.82) is 0 Å². The molecule has 0 bridgehead atoms. The van der Waals surface area contributed by atoms with Gasteiger partial charge in [0.2, 0.25) is 5.91 Å². The average Bonchev–Trinajstić information content (AvgIpc) is 3.00. The van der Waals surface area contributed by atoms with E-state index in [1.165, 1.54) is 5.56 Å². The highest BCUT2D eigenvalue weighted by Crippen LogP contribution is 2.12. The largest absolute Gasteiger partial charge is 0.385 e. The molecule has 1 unspecified atom stereocenters. The maximum Gasteiger partial charge on any atom is 0.239 e. The molecule has 0 saturated carbocycles. The quantitative estimate of drug-likeness (QED) is 0.767. The SMILES string of the molecule is COCCCC(N)C(=O)N1CCN(Cc2ccsc2)CC1. The lowest BCUT2D eigenvalue weighted by Gasteiger charge is -2.35. The Morgan fingerprint density at radius 2 is 2.19 bits per heavy atom. The van der Waals surface area contributed by atoms with Crippen LogP contribution in [-0.4, -0.2) is 61.6 Å². The Bertz CT molecular complexity index is 417. The van der Waals surface area contributed by atoms with Gasteiger partial charge in [-0.1, -0.05) is 0 Å². The van der Waals surface area contributed by atoms with Gasteiger partial charge in [0.15, 0.2) is 0 Å². The number of thiophene rings is 1. The van der Waals surface area contributed by atoms with E-state index in [1.54, 1.807) is 18.4 Å². The maximum absolute atomic E-state index is 12.3. The zero-order valence-electron chi connectivity index (χ0n) is 12.7. The first-order valence-corrected chi connectivity index (χ1v) is 8.41. The summed E-state index contributed by atoms with van der Waals surface area (Å²) in [4.78, 5) is 16.6. The summed E-state index contributed by atoms with van der Waals surface area (Å²) in [6, 6.07) is 1.78. The van der Waals surface area contributed by atoms with Gasteiger partial charge in [-0.2, -0.15) is 11.3 Å². The fourth-order valence-corrected chi connectivity index (χ4v) is 3.23. The molecule has 2 heterocycles. The third-order valence-electron chi connectivity index (χ3n) is 3.85. The topological polar surface area (TPSA) is 58.8 Å². The summed E-state index contributed by atoms with van der Waals surface area (Å²) in [6.07, 6.45) is 1.53. The number of amides is 1. The summed E-state index contributed by atoms with van der Waals surface area (Å²) in [5.74, 6) is 0.0845. The second-order valence-corrected chi connectivity index (χ2v) is 6.25. The van der Waals surface area contributed by atoms with Gasteiger partial charge in [0.1, 0.15) is 0 Å². The fraction of sp³-hybridized carbons (Fsp3) is 0.667. The molecule has 1 aromatic rings. The van der Waals surface area contributed by atoms with Crippen molar-refractivity contribution in [1.82, 2.24) is 9.80 Å². The number of carbonyl (C=O) groups is 1. The molecular formula is C15H25N3O2S. The molecule has 1 atom stereocenters. The zero-order chi connectivity index (χ0) is 15.1. The molecule has 1 saturated heterocycles. The monoisotopic (exact) mass is 311 g/mol. The lowest BCUT2D eigenvalue weighted by atomic mass is 10.1. The number of methoxy groups -OCH3 is 1. The lowest BCUT2D eigenvalue weighted by molar-refractivity contribution is -0.134. The van der Waals surface area contributed by atoms with E-state index in [2.05, 4.69) is 21.7 Å². The van der Waals surface area contributed by atoms with Crippen LogP contribution in [0.2, 0.25) is 0 Å². The van der Waals surface area contributed by atoms with Crippen LogP contribution >= 0.6 is 11.3 Å². The minimum Gasteiger partial charge on any atom is -0.385 e. The molecule has 0 aliphatic carbocycles. The summed E-state index contributed by atoms with van der Waals surface area (Å²) in [5.41, 5.74) is 7.33. The summed E-state index contributed by atoms with van der Waals surface area (Å²) in [7, 11) is 1.67. The summed E-state index contributed by atoms with van der Waals surface area (Å²) >= 11 is 1.73. The highest BCUT2D eigenvalue weighted by molar-refractivity contribution is 7.07. The van der Waals surface area contributed by atoms with E-state index in [0.29, 0.717) is 13.0 Å². The number of ether oxygens (including phenoxy) is 1. The minimum atomic E-state index is -0.386. The van der Waals surface area contributed by atoms with Crippen molar-refractivity contribution >= 4 is 17.2 Å². The van der Waals surface area contributed by atoms with Crippen LogP contribution in [0.5, 0.6) is 0 Å². The highest BCUT2D eigenvalue weighted by Gasteiger charge is 2.24. The van der Waals surface area contributed by atoms with Crippen molar-refractivity contribution in [2.24, 2.45) is 5.73 Å². The van der Waals surface area contributed by atoms with Crippen LogP contribution in [0.3, 0.4) is 0 Å². The van der Waals surface area contributed by atoms with Crippen LogP contribution in [0, 0.1) is 0 Å². The number of nitrogens with two attached hydrogens (primary N) is 1. The predicted molar refractivity (Wildman–Crippen MR) is 85.3 cm³/mol. The second-order valence-electron chi connectivity index (χ2n) is 5.47. The van der Waals surface area contributed by atoms with Crippen molar-refractivity contribution in [3.05, 3.63) is 22.4 Å². The molecule has 1 aromatic heterocycles. The third kappa shape index (κ3) is 5.07. The Morgan fingerprint density at radius 1 is 1.43 bits per heavy atom. The van der Waals surface area contributed by atoms with Crippen LogP contribution in [0.15, 0.2) is 16.8 Å². The summed E-state index contributed by atoms with van der Waals surface area (Å²) in [5, 5.41) is 4.29. The van der Waals surface area contributed by atoms with Crippen LogP contribution in [0.25, 0.3) is 0 Å². The van der Waals surface area contributed by atoms with Gasteiger partial charge < -0.3 is 15.4 Å². The van der Waals surface area contributed by atoms with Crippen LogP contribution < -0.4 is 5.73 Å². The van der Waals surface area contributed by atoms with Gasteiger partial charge in [-0.15, -0.1) is 0 Å². The molecule has 1 amide bonds. The molecule has 6 heteroatoms. The van der Waals surface area contributed by atoms with E-state index in [4.69, 9.17) is 10.5 Å². The van der Waals surface area contributed by atoms with Gasteiger partial charge in [-0.05, 0) is 35.2 Å². The van der Waals surface area contributed by atoms with Crippen LogP contribution in [-0.2, 0) is 16.1 Å². The Labute approximate surface area is 130 Å². The Balaban J connectivity index is 1.71. The first-order chi connectivity index (χ1) is 10.2. The van der Waals surface area contributed by atoms with Crippen molar-refractivity contribution in [3.63, 3.8) is 0 Å². The molecule has 5 nitrogen and oxygen atoms in total. The molecular weight excluding hydrogens is 286 g/mol. The normalized spacial score (nSPS) is 17.9. The number of hydrogen-bond donors (Lipinski definition) is 1. The Hall–Kier alpha value is -0.950. The van der Waals surface area contributed by atoms with Crippen molar-refractivity contribution in [3.8, 4) is 0 Å². The first kappa shape index (κ1) is 16.4. The molecule has 118 valence electrons. The van der Waals surface area contributed by atoms with Crippen LogP contribution in [0.1, 0.15) is 18.4 Å². The van der Waals surface area contributed by atoms with Gasteiger partial charge in [0.05, 0.1) is 6.04 Å². The van der Waals surface area contributed by atoms with E-state index >= 15 is 0 Å². The van der Waals surface area contributed by atoms with Crippen molar-refractivity contribution in [2.75, 3.05) is 39.9 Å². The van der Waals surface area contributed by atoms with E-state index in [9.17, 15) is 4.79 Å². The van der Waals surface area contributed by atoms with E-state index < -0.39 is 0 Å². The van der Waals surface area contributed by atoms with Crippen molar-refractivity contribution in [2.45, 2.75) is 25.4 Å². The maximum atomic E-state index is 12.3. The van der Waals surface area contributed by atoms with Gasteiger partial charge in [0.25, 0.3) is 0 Å². The number of hydrogen-bond acceptors (Lipinski definition) is 5. The summed E-state index contributed by atoms with van der Waals surface area (Å²) in [6.45, 7) is 5.04. The smallest absolute Gasteiger partial charge is 0.239 e. The van der Waals surface area contributed by atoms with Gasteiger partial charge >= 0.3 is 0 Å². The molecule has 2 N–H and O–H groups in total. The molecule has 2 rings (SSSR count). The Morgan fingerprint density at radius 3 is 2.81 bits per heavy atom. The standard InChI is InChI=1S/C15H25N3O2S/c1-20-9-2-3-14(16)15(19)18-7-5-17(6-8-18)11-13-4-10-21-12-13/h4,10,12,14H,2-3,5-9,11,16H2,1H3.